The Kier molecular flexibility index (Phi) is 4.92. The molecule has 140 valence electrons. The third-order valence-corrected chi connectivity index (χ3v) is 5.28. The van der Waals surface area contributed by atoms with E-state index in [0.717, 1.165) is 6.54 Å². The van der Waals surface area contributed by atoms with Crippen molar-refractivity contribution in [3.05, 3.63) is 108 Å². The Hall–Kier alpha value is -3.06. The molecule has 1 heteroatoms. The van der Waals surface area contributed by atoms with Crippen LogP contribution in [0.25, 0.3) is 22.5 Å². The van der Waals surface area contributed by atoms with Crippen LogP contribution in [0.15, 0.2) is 97.1 Å². The number of aromatic nitrogens is 1. The van der Waals surface area contributed by atoms with Crippen molar-refractivity contribution in [3.63, 3.8) is 0 Å². The van der Waals surface area contributed by atoms with Gasteiger partial charge in [-0.3, -0.25) is 0 Å². The molecule has 0 fully saturated rings. The first kappa shape index (κ1) is 18.3. The van der Waals surface area contributed by atoms with E-state index in [-0.39, 0.29) is 5.41 Å². The van der Waals surface area contributed by atoms with Gasteiger partial charge in [0.1, 0.15) is 0 Å². The van der Waals surface area contributed by atoms with Gasteiger partial charge in [0.2, 0.25) is 0 Å². The molecule has 0 atom stereocenters. The zero-order valence-corrected chi connectivity index (χ0v) is 16.9. The van der Waals surface area contributed by atoms with Crippen LogP contribution in [-0.4, -0.2) is 4.57 Å². The van der Waals surface area contributed by atoms with Gasteiger partial charge in [-0.05, 0) is 39.8 Å². The highest BCUT2D eigenvalue weighted by molar-refractivity contribution is 5.70. The predicted molar refractivity (Wildman–Crippen MR) is 120 cm³/mol. The SMILES string of the molecule is CC(C)(C)c1ccc(Cn2c(-c3ccccc3)ccc2-c2ccccc2)cc1. The van der Waals surface area contributed by atoms with Gasteiger partial charge < -0.3 is 4.57 Å². The van der Waals surface area contributed by atoms with E-state index in [2.05, 4.69) is 122 Å². The van der Waals surface area contributed by atoms with E-state index in [9.17, 15) is 0 Å². The van der Waals surface area contributed by atoms with Crippen LogP contribution in [0.4, 0.5) is 0 Å². The second-order valence-electron chi connectivity index (χ2n) is 8.37. The molecule has 0 N–H and O–H groups in total. The topological polar surface area (TPSA) is 4.93 Å². The van der Waals surface area contributed by atoms with Crippen molar-refractivity contribution in [3.8, 4) is 22.5 Å². The summed E-state index contributed by atoms with van der Waals surface area (Å²) in [5.74, 6) is 0. The molecule has 1 nitrogen and oxygen atoms in total. The van der Waals surface area contributed by atoms with E-state index in [0.29, 0.717) is 0 Å². The normalized spacial score (nSPS) is 11.5. The number of nitrogens with zero attached hydrogens (tertiary/aromatic N) is 1. The Morgan fingerprint density at radius 2 is 1.04 bits per heavy atom. The average molecular weight is 366 g/mol. The van der Waals surface area contributed by atoms with Crippen molar-refractivity contribution in [1.82, 2.24) is 4.57 Å². The Morgan fingerprint density at radius 3 is 1.46 bits per heavy atom. The van der Waals surface area contributed by atoms with Crippen LogP contribution in [0, 0.1) is 0 Å². The maximum absolute atomic E-state index is 2.43. The van der Waals surface area contributed by atoms with Crippen LogP contribution in [0.3, 0.4) is 0 Å². The van der Waals surface area contributed by atoms with Gasteiger partial charge in [0.05, 0.1) is 0 Å². The van der Waals surface area contributed by atoms with Gasteiger partial charge in [0.25, 0.3) is 0 Å². The molecule has 0 spiro atoms. The summed E-state index contributed by atoms with van der Waals surface area (Å²) in [5.41, 5.74) is 7.86. The molecule has 3 aromatic carbocycles. The fraction of sp³-hybridized carbons (Fsp3) is 0.185. The Morgan fingerprint density at radius 1 is 0.571 bits per heavy atom. The van der Waals surface area contributed by atoms with E-state index in [1.807, 2.05) is 0 Å². The van der Waals surface area contributed by atoms with Crippen LogP contribution in [0.2, 0.25) is 0 Å². The minimum atomic E-state index is 0.177. The Bertz CT molecular complexity index is 976. The predicted octanol–water partition coefficient (Wildman–Crippen LogP) is 7.17. The van der Waals surface area contributed by atoms with Gasteiger partial charge >= 0.3 is 0 Å². The lowest BCUT2D eigenvalue weighted by Crippen LogP contribution is -2.11. The Balaban J connectivity index is 1.77. The van der Waals surface area contributed by atoms with Crippen LogP contribution >= 0.6 is 0 Å². The van der Waals surface area contributed by atoms with Gasteiger partial charge in [0.15, 0.2) is 0 Å². The fourth-order valence-corrected chi connectivity index (χ4v) is 3.65. The van der Waals surface area contributed by atoms with E-state index in [1.54, 1.807) is 0 Å². The molecule has 4 aromatic rings. The maximum Gasteiger partial charge on any atom is 0.0488 e. The number of benzene rings is 3. The summed E-state index contributed by atoms with van der Waals surface area (Å²) in [4.78, 5) is 0. The molecule has 0 saturated heterocycles. The number of hydrogen-bond acceptors (Lipinski definition) is 0. The standard InChI is InChI=1S/C27H27N/c1-27(2,3)24-16-14-21(15-17-24)20-28-25(22-10-6-4-7-11-22)18-19-26(28)23-12-8-5-9-13-23/h4-19H,20H2,1-3H3. The monoisotopic (exact) mass is 365 g/mol. The van der Waals surface area contributed by atoms with Crippen LogP contribution < -0.4 is 0 Å². The quantitative estimate of drug-likeness (QED) is 0.361. The summed E-state index contributed by atoms with van der Waals surface area (Å²) in [6.07, 6.45) is 0. The summed E-state index contributed by atoms with van der Waals surface area (Å²) in [5, 5.41) is 0. The fourth-order valence-electron chi connectivity index (χ4n) is 3.65. The second-order valence-corrected chi connectivity index (χ2v) is 8.37. The average Bonchev–Trinajstić information content (AvgIpc) is 3.12. The van der Waals surface area contributed by atoms with Crippen LogP contribution in [0.1, 0.15) is 31.9 Å². The molecule has 1 heterocycles. The molecule has 28 heavy (non-hydrogen) atoms. The van der Waals surface area contributed by atoms with Crippen molar-refractivity contribution in [1.29, 1.82) is 0 Å². The van der Waals surface area contributed by atoms with Gasteiger partial charge in [-0.2, -0.15) is 0 Å². The van der Waals surface area contributed by atoms with Gasteiger partial charge in [-0.25, -0.2) is 0 Å². The third-order valence-electron chi connectivity index (χ3n) is 5.28. The van der Waals surface area contributed by atoms with Crippen molar-refractivity contribution < 1.29 is 0 Å². The van der Waals surface area contributed by atoms with Crippen molar-refractivity contribution >= 4 is 0 Å². The second kappa shape index (κ2) is 7.52. The number of rotatable bonds is 4. The largest absolute Gasteiger partial charge is 0.336 e. The molecular weight excluding hydrogens is 338 g/mol. The molecule has 1 aromatic heterocycles. The molecule has 0 aliphatic heterocycles. The summed E-state index contributed by atoms with van der Waals surface area (Å²) in [6, 6.07) is 34.8. The minimum Gasteiger partial charge on any atom is -0.336 e. The van der Waals surface area contributed by atoms with E-state index >= 15 is 0 Å². The van der Waals surface area contributed by atoms with Crippen LogP contribution in [0.5, 0.6) is 0 Å². The van der Waals surface area contributed by atoms with Gasteiger partial charge in [0, 0.05) is 17.9 Å². The molecule has 0 saturated carbocycles. The van der Waals surface area contributed by atoms with Crippen molar-refractivity contribution in [2.75, 3.05) is 0 Å². The molecule has 4 rings (SSSR count). The number of hydrogen-bond donors (Lipinski definition) is 0. The third kappa shape index (κ3) is 3.80. The highest BCUT2D eigenvalue weighted by Crippen LogP contribution is 2.30. The summed E-state index contributed by atoms with van der Waals surface area (Å²) >= 11 is 0. The van der Waals surface area contributed by atoms with E-state index in [4.69, 9.17) is 0 Å². The first-order valence-corrected chi connectivity index (χ1v) is 9.92. The zero-order chi connectivity index (χ0) is 19.6. The van der Waals surface area contributed by atoms with Gasteiger partial charge in [-0.1, -0.05) is 106 Å². The summed E-state index contributed by atoms with van der Waals surface area (Å²) < 4.78 is 2.43. The summed E-state index contributed by atoms with van der Waals surface area (Å²) in [6.45, 7) is 7.63. The smallest absolute Gasteiger partial charge is 0.0488 e. The lowest BCUT2D eigenvalue weighted by atomic mass is 9.87. The van der Waals surface area contributed by atoms with E-state index in [1.165, 1.54) is 33.6 Å². The van der Waals surface area contributed by atoms with E-state index < -0.39 is 0 Å². The zero-order valence-electron chi connectivity index (χ0n) is 16.9. The first-order valence-electron chi connectivity index (χ1n) is 9.92. The van der Waals surface area contributed by atoms with Crippen molar-refractivity contribution in [2.24, 2.45) is 0 Å². The molecule has 0 bridgehead atoms. The van der Waals surface area contributed by atoms with Crippen LogP contribution in [-0.2, 0) is 12.0 Å². The summed E-state index contributed by atoms with van der Waals surface area (Å²) in [7, 11) is 0. The lowest BCUT2D eigenvalue weighted by Gasteiger charge is -2.20. The van der Waals surface area contributed by atoms with Crippen molar-refractivity contribution in [2.45, 2.75) is 32.7 Å². The molecule has 0 amide bonds. The first-order chi connectivity index (χ1) is 13.5. The molecule has 0 aliphatic carbocycles. The highest BCUT2D eigenvalue weighted by Gasteiger charge is 2.15. The molecule has 0 unspecified atom stereocenters. The Labute approximate surface area is 168 Å². The van der Waals surface area contributed by atoms with Gasteiger partial charge in [-0.15, -0.1) is 0 Å². The molecular formula is C27H27N. The molecule has 0 aliphatic rings. The molecule has 0 radical (unpaired) electrons. The lowest BCUT2D eigenvalue weighted by molar-refractivity contribution is 0.590. The highest BCUT2D eigenvalue weighted by atomic mass is 15.0. The maximum atomic E-state index is 2.43. The minimum absolute atomic E-state index is 0.177.